The standard InChI is InChI=1S/C28H53NO/c1-4-5-6-7-9-12-15-19-25-21-18-22-26(25)20-16-13-10-8-11-14-17-23-27-29-28(2,3)24-30-27/h25-26H,4-24H2,1-3H3. The van der Waals surface area contributed by atoms with Gasteiger partial charge in [-0.25, -0.2) is 4.99 Å². The summed E-state index contributed by atoms with van der Waals surface area (Å²) in [7, 11) is 0. The maximum Gasteiger partial charge on any atom is 0.183 e. The molecule has 1 fully saturated rings. The molecule has 0 saturated heterocycles. The highest BCUT2D eigenvalue weighted by molar-refractivity contribution is 5.78. The Morgan fingerprint density at radius 2 is 1.23 bits per heavy atom. The molecule has 2 aliphatic rings. The van der Waals surface area contributed by atoms with Crippen molar-refractivity contribution in [2.75, 3.05) is 6.61 Å². The Morgan fingerprint density at radius 3 is 1.73 bits per heavy atom. The minimum atomic E-state index is 0.0158. The summed E-state index contributed by atoms with van der Waals surface area (Å²) >= 11 is 0. The SMILES string of the molecule is CCCCCCCCCC1CCCC1CCCCCCCCCC1=NC(C)(C)CO1. The van der Waals surface area contributed by atoms with Gasteiger partial charge in [0.25, 0.3) is 0 Å². The van der Waals surface area contributed by atoms with Gasteiger partial charge >= 0.3 is 0 Å². The Bertz CT molecular complexity index is 456. The zero-order valence-corrected chi connectivity index (χ0v) is 20.9. The summed E-state index contributed by atoms with van der Waals surface area (Å²) in [5.41, 5.74) is 0.0158. The van der Waals surface area contributed by atoms with E-state index in [2.05, 4.69) is 25.8 Å². The number of hydrogen-bond donors (Lipinski definition) is 0. The van der Waals surface area contributed by atoms with Gasteiger partial charge in [0.15, 0.2) is 5.90 Å². The fourth-order valence-corrected chi connectivity index (χ4v) is 5.59. The Balaban J connectivity index is 1.38. The van der Waals surface area contributed by atoms with E-state index in [1.165, 1.54) is 122 Å². The largest absolute Gasteiger partial charge is 0.478 e. The van der Waals surface area contributed by atoms with E-state index < -0.39 is 0 Å². The lowest BCUT2D eigenvalue weighted by Crippen LogP contribution is -2.17. The highest BCUT2D eigenvalue weighted by Gasteiger charge is 2.26. The van der Waals surface area contributed by atoms with E-state index in [1.807, 2.05) is 0 Å². The number of ether oxygens (including phenoxy) is 1. The summed E-state index contributed by atoms with van der Waals surface area (Å²) in [4.78, 5) is 4.66. The molecule has 0 aromatic rings. The van der Waals surface area contributed by atoms with Crippen molar-refractivity contribution < 1.29 is 4.74 Å². The highest BCUT2D eigenvalue weighted by Crippen LogP contribution is 2.38. The van der Waals surface area contributed by atoms with E-state index in [4.69, 9.17) is 4.74 Å². The molecular weight excluding hydrogens is 366 g/mol. The number of unbranched alkanes of at least 4 members (excludes halogenated alkanes) is 12. The monoisotopic (exact) mass is 419 g/mol. The molecule has 0 radical (unpaired) electrons. The third kappa shape index (κ3) is 11.2. The molecule has 0 bridgehead atoms. The maximum absolute atomic E-state index is 5.69. The smallest absolute Gasteiger partial charge is 0.183 e. The predicted molar refractivity (Wildman–Crippen MR) is 132 cm³/mol. The van der Waals surface area contributed by atoms with Crippen molar-refractivity contribution in [2.24, 2.45) is 16.8 Å². The quantitative estimate of drug-likeness (QED) is 0.203. The van der Waals surface area contributed by atoms with E-state index >= 15 is 0 Å². The Kier molecular flexibility index (Phi) is 13.1. The van der Waals surface area contributed by atoms with Crippen LogP contribution in [0.3, 0.4) is 0 Å². The lowest BCUT2D eigenvalue weighted by atomic mass is 9.86. The van der Waals surface area contributed by atoms with Crippen LogP contribution < -0.4 is 0 Å². The van der Waals surface area contributed by atoms with E-state index in [0.717, 1.165) is 30.8 Å². The molecule has 0 spiro atoms. The summed E-state index contributed by atoms with van der Waals surface area (Å²) in [6.45, 7) is 7.39. The predicted octanol–water partition coefficient (Wildman–Crippen LogP) is 9.26. The van der Waals surface area contributed by atoms with Crippen LogP contribution in [0.25, 0.3) is 0 Å². The van der Waals surface area contributed by atoms with Gasteiger partial charge in [-0.3, -0.25) is 0 Å². The average molecular weight is 420 g/mol. The summed E-state index contributed by atoms with van der Waals surface area (Å²) in [6.07, 6.45) is 28.7. The molecule has 0 aromatic heterocycles. The van der Waals surface area contributed by atoms with Gasteiger partial charge in [0.1, 0.15) is 6.61 Å². The molecule has 0 aromatic carbocycles. The normalized spacial score (nSPS) is 23.0. The molecule has 1 saturated carbocycles. The number of aliphatic imine (C=N–C) groups is 1. The van der Waals surface area contributed by atoms with Crippen LogP contribution in [0.5, 0.6) is 0 Å². The second kappa shape index (κ2) is 15.3. The van der Waals surface area contributed by atoms with Crippen LogP contribution in [0, 0.1) is 11.8 Å². The molecule has 2 atom stereocenters. The molecule has 1 heterocycles. The van der Waals surface area contributed by atoms with Crippen molar-refractivity contribution in [3.8, 4) is 0 Å². The summed E-state index contributed by atoms with van der Waals surface area (Å²) in [6, 6.07) is 0. The molecular formula is C28H53NO. The molecule has 2 unspecified atom stereocenters. The van der Waals surface area contributed by atoms with Gasteiger partial charge in [0.05, 0.1) is 5.54 Å². The molecule has 2 heteroatoms. The maximum atomic E-state index is 5.69. The number of rotatable bonds is 18. The van der Waals surface area contributed by atoms with Crippen molar-refractivity contribution in [3.05, 3.63) is 0 Å². The van der Waals surface area contributed by atoms with Gasteiger partial charge in [-0.05, 0) is 32.1 Å². The van der Waals surface area contributed by atoms with Crippen LogP contribution in [0.2, 0.25) is 0 Å². The zero-order chi connectivity index (χ0) is 21.5. The van der Waals surface area contributed by atoms with Crippen LogP contribution in [0.4, 0.5) is 0 Å². The third-order valence-corrected chi connectivity index (χ3v) is 7.48. The first-order valence-corrected chi connectivity index (χ1v) is 13.8. The Morgan fingerprint density at radius 1 is 0.733 bits per heavy atom. The first kappa shape index (κ1) is 25.7. The fraction of sp³-hybridized carbons (Fsp3) is 0.964. The molecule has 2 nitrogen and oxygen atoms in total. The molecule has 0 amide bonds. The van der Waals surface area contributed by atoms with Gasteiger partial charge in [-0.1, -0.05) is 122 Å². The van der Waals surface area contributed by atoms with Gasteiger partial charge in [0.2, 0.25) is 0 Å². The van der Waals surface area contributed by atoms with Crippen LogP contribution in [0.15, 0.2) is 4.99 Å². The van der Waals surface area contributed by atoms with Crippen LogP contribution in [0.1, 0.15) is 149 Å². The van der Waals surface area contributed by atoms with Gasteiger partial charge in [-0.15, -0.1) is 0 Å². The van der Waals surface area contributed by atoms with Crippen molar-refractivity contribution in [1.29, 1.82) is 0 Å². The zero-order valence-electron chi connectivity index (χ0n) is 20.9. The van der Waals surface area contributed by atoms with Crippen molar-refractivity contribution >= 4 is 5.90 Å². The van der Waals surface area contributed by atoms with Crippen LogP contribution in [-0.2, 0) is 4.74 Å². The first-order chi connectivity index (χ1) is 14.6. The first-order valence-electron chi connectivity index (χ1n) is 13.8. The topological polar surface area (TPSA) is 21.6 Å². The molecule has 176 valence electrons. The minimum absolute atomic E-state index is 0.0158. The molecule has 0 N–H and O–H groups in total. The fourth-order valence-electron chi connectivity index (χ4n) is 5.59. The summed E-state index contributed by atoms with van der Waals surface area (Å²) in [5, 5.41) is 0. The Labute approximate surface area is 189 Å². The second-order valence-electron chi connectivity index (χ2n) is 11.0. The number of nitrogens with zero attached hydrogens (tertiary/aromatic N) is 1. The van der Waals surface area contributed by atoms with E-state index in [0.29, 0.717) is 0 Å². The number of hydrogen-bond acceptors (Lipinski definition) is 2. The Hall–Kier alpha value is -0.530. The lowest BCUT2D eigenvalue weighted by molar-refractivity contribution is 0.273. The van der Waals surface area contributed by atoms with Gasteiger partial charge in [-0.2, -0.15) is 0 Å². The van der Waals surface area contributed by atoms with Gasteiger partial charge < -0.3 is 4.74 Å². The summed E-state index contributed by atoms with van der Waals surface area (Å²) in [5.74, 6) is 3.15. The second-order valence-corrected chi connectivity index (χ2v) is 11.0. The summed E-state index contributed by atoms with van der Waals surface area (Å²) < 4.78 is 5.69. The average Bonchev–Trinajstić information content (AvgIpc) is 3.31. The highest BCUT2D eigenvalue weighted by atomic mass is 16.5. The van der Waals surface area contributed by atoms with Crippen molar-refractivity contribution in [2.45, 2.75) is 155 Å². The van der Waals surface area contributed by atoms with Crippen molar-refractivity contribution in [1.82, 2.24) is 0 Å². The van der Waals surface area contributed by atoms with Crippen molar-refractivity contribution in [3.63, 3.8) is 0 Å². The van der Waals surface area contributed by atoms with Crippen LogP contribution in [-0.4, -0.2) is 18.0 Å². The van der Waals surface area contributed by atoms with Crippen LogP contribution >= 0.6 is 0 Å². The van der Waals surface area contributed by atoms with E-state index in [9.17, 15) is 0 Å². The minimum Gasteiger partial charge on any atom is -0.478 e. The molecule has 1 aliphatic heterocycles. The molecule has 30 heavy (non-hydrogen) atoms. The molecule has 2 rings (SSSR count). The van der Waals surface area contributed by atoms with E-state index in [1.54, 1.807) is 0 Å². The van der Waals surface area contributed by atoms with E-state index in [-0.39, 0.29) is 5.54 Å². The molecule has 1 aliphatic carbocycles. The lowest BCUT2D eigenvalue weighted by Gasteiger charge is -2.19. The third-order valence-electron chi connectivity index (χ3n) is 7.48. The van der Waals surface area contributed by atoms with Gasteiger partial charge in [0, 0.05) is 6.42 Å².